The van der Waals surface area contributed by atoms with Crippen LogP contribution in [0.2, 0.25) is 0 Å². The van der Waals surface area contributed by atoms with Crippen molar-refractivity contribution >= 4 is 17.2 Å². The van der Waals surface area contributed by atoms with Crippen LogP contribution in [0.25, 0.3) is 10.6 Å². The van der Waals surface area contributed by atoms with Crippen LogP contribution in [0, 0.1) is 6.92 Å². The molecular formula is C23H22F3N5O3S. The first-order valence-electron chi connectivity index (χ1n) is 10.9. The molecule has 1 aromatic carbocycles. The number of amides is 1. The smallest absolute Gasteiger partial charge is 0.451 e. The highest BCUT2D eigenvalue weighted by molar-refractivity contribution is 7.14. The molecule has 0 spiro atoms. The van der Waals surface area contributed by atoms with Crippen LogP contribution in [0.5, 0.6) is 5.75 Å². The molecule has 2 saturated heterocycles. The van der Waals surface area contributed by atoms with Gasteiger partial charge in [0, 0.05) is 59.3 Å². The fourth-order valence-corrected chi connectivity index (χ4v) is 4.85. The summed E-state index contributed by atoms with van der Waals surface area (Å²) in [6, 6.07) is 5.53. The van der Waals surface area contributed by atoms with Gasteiger partial charge in [0.15, 0.2) is 0 Å². The fourth-order valence-electron chi connectivity index (χ4n) is 4.10. The van der Waals surface area contributed by atoms with E-state index < -0.39 is 17.9 Å². The zero-order chi connectivity index (χ0) is 24.6. The van der Waals surface area contributed by atoms with Gasteiger partial charge in [-0.15, -0.1) is 11.3 Å². The van der Waals surface area contributed by atoms with E-state index in [4.69, 9.17) is 9.47 Å². The third-order valence-electron chi connectivity index (χ3n) is 5.87. The lowest BCUT2D eigenvalue weighted by molar-refractivity contribution is -0.145. The number of morpholine rings is 1. The van der Waals surface area contributed by atoms with Gasteiger partial charge < -0.3 is 20.1 Å². The van der Waals surface area contributed by atoms with Gasteiger partial charge in [0.1, 0.15) is 23.0 Å². The maximum atomic E-state index is 12.9. The Labute approximate surface area is 202 Å². The number of carbonyl (C=O) groups is 1. The van der Waals surface area contributed by atoms with Crippen molar-refractivity contribution in [1.29, 1.82) is 0 Å². The Bertz CT molecular complexity index is 1220. The Morgan fingerprint density at radius 1 is 1.26 bits per heavy atom. The molecule has 2 N–H and O–H groups in total. The lowest BCUT2D eigenvalue weighted by Crippen LogP contribution is -2.43. The number of alkyl halides is 3. The van der Waals surface area contributed by atoms with Crippen molar-refractivity contribution in [3.05, 3.63) is 58.6 Å². The highest BCUT2D eigenvalue weighted by Crippen LogP contribution is 2.34. The zero-order valence-corrected chi connectivity index (χ0v) is 19.5. The second kappa shape index (κ2) is 9.17. The number of rotatable bonds is 7. The number of ether oxygens (including phenoxy) is 2. The predicted octanol–water partition coefficient (Wildman–Crippen LogP) is 3.37. The number of fused-ring (bicyclic) bond motifs is 2. The molecular weight excluding hydrogens is 483 g/mol. The summed E-state index contributed by atoms with van der Waals surface area (Å²) in [7, 11) is 0. The summed E-state index contributed by atoms with van der Waals surface area (Å²) in [5.41, 5.74) is 1.04. The fraction of sp³-hybridized carbons (Fsp3) is 0.391. The predicted molar refractivity (Wildman–Crippen MR) is 121 cm³/mol. The van der Waals surface area contributed by atoms with Crippen LogP contribution in [0.15, 0.2) is 36.8 Å². The van der Waals surface area contributed by atoms with E-state index in [0.717, 1.165) is 34.3 Å². The lowest BCUT2D eigenvalue weighted by Gasteiger charge is -2.26. The van der Waals surface area contributed by atoms with Crippen molar-refractivity contribution in [2.75, 3.05) is 19.8 Å². The third-order valence-corrected chi connectivity index (χ3v) is 6.83. The molecule has 2 bridgehead atoms. The molecule has 5 rings (SSSR count). The highest BCUT2D eigenvalue weighted by atomic mass is 32.1. The number of hydrogen-bond acceptors (Lipinski definition) is 8. The van der Waals surface area contributed by atoms with Crippen LogP contribution < -0.4 is 15.4 Å². The molecule has 4 heterocycles. The molecule has 2 aliphatic rings. The van der Waals surface area contributed by atoms with E-state index in [-0.39, 0.29) is 12.1 Å². The second-order valence-corrected chi connectivity index (χ2v) is 9.92. The number of aryl methyl sites for hydroxylation is 1. The van der Waals surface area contributed by atoms with Crippen molar-refractivity contribution in [3.8, 4) is 16.3 Å². The summed E-state index contributed by atoms with van der Waals surface area (Å²) in [4.78, 5) is 25.0. The van der Waals surface area contributed by atoms with Gasteiger partial charge in [0.2, 0.25) is 5.82 Å². The molecule has 2 atom stereocenters. The number of nitrogens with one attached hydrogen (secondary N) is 2. The van der Waals surface area contributed by atoms with Crippen LogP contribution in [0.4, 0.5) is 13.2 Å². The van der Waals surface area contributed by atoms with E-state index >= 15 is 0 Å². The first kappa shape index (κ1) is 23.6. The van der Waals surface area contributed by atoms with Crippen LogP contribution in [-0.4, -0.2) is 52.3 Å². The van der Waals surface area contributed by atoms with Gasteiger partial charge in [-0.1, -0.05) is 0 Å². The Morgan fingerprint density at radius 3 is 2.66 bits per heavy atom. The van der Waals surface area contributed by atoms with Crippen molar-refractivity contribution in [2.24, 2.45) is 0 Å². The molecule has 0 saturated carbocycles. The van der Waals surface area contributed by atoms with Gasteiger partial charge >= 0.3 is 6.18 Å². The van der Waals surface area contributed by atoms with Crippen molar-refractivity contribution in [3.63, 3.8) is 0 Å². The average molecular weight is 506 g/mol. The van der Waals surface area contributed by atoms with E-state index in [1.165, 1.54) is 11.3 Å². The zero-order valence-electron chi connectivity index (χ0n) is 18.7. The Morgan fingerprint density at radius 2 is 2.06 bits per heavy atom. The second-order valence-electron chi connectivity index (χ2n) is 8.68. The van der Waals surface area contributed by atoms with Gasteiger partial charge in [-0.3, -0.25) is 4.79 Å². The summed E-state index contributed by atoms with van der Waals surface area (Å²) in [6.07, 6.45) is 0.103. The molecule has 12 heteroatoms. The van der Waals surface area contributed by atoms with Crippen molar-refractivity contribution in [1.82, 2.24) is 25.6 Å². The molecule has 0 radical (unpaired) electrons. The molecule has 0 aliphatic carbocycles. The minimum atomic E-state index is -4.62. The quantitative estimate of drug-likeness (QED) is 0.508. The number of halogens is 3. The molecule has 184 valence electrons. The standard InChI is InChI=1S/C23H22F3N5O3S/c1-13-6-28-20(35-13)16-2-15(3-18(4-16)33-12-22-5-17(10-34-22)31-11-22)19(32)27-7-14-8-29-21(30-9-14)23(24,25)26/h2-4,6,8-9,17,31H,5,7,10-12H2,1H3,(H,27,32). The largest absolute Gasteiger partial charge is 0.490 e. The molecule has 35 heavy (non-hydrogen) atoms. The molecule has 3 aromatic rings. The maximum absolute atomic E-state index is 12.9. The number of hydrogen-bond donors (Lipinski definition) is 2. The molecule has 1 amide bonds. The van der Waals surface area contributed by atoms with Crippen molar-refractivity contribution < 1.29 is 27.4 Å². The molecule has 8 nitrogen and oxygen atoms in total. The SMILES string of the molecule is Cc1cnc(-c2cc(OCC34CNC(CO3)C4)cc(C(=O)NCc3cnc(C(F)(F)F)nc3)c2)s1. The van der Waals surface area contributed by atoms with Crippen LogP contribution >= 0.6 is 11.3 Å². The van der Waals surface area contributed by atoms with Gasteiger partial charge in [-0.25, -0.2) is 15.0 Å². The van der Waals surface area contributed by atoms with E-state index in [1.54, 1.807) is 18.3 Å². The number of aromatic nitrogens is 3. The number of thiazole rings is 1. The topological polar surface area (TPSA) is 98.3 Å². The van der Waals surface area contributed by atoms with E-state index in [1.807, 2.05) is 13.0 Å². The van der Waals surface area contributed by atoms with Crippen LogP contribution in [-0.2, 0) is 17.5 Å². The summed E-state index contributed by atoms with van der Waals surface area (Å²) in [5.74, 6) is -1.13. The van der Waals surface area contributed by atoms with E-state index in [9.17, 15) is 18.0 Å². The normalized spacial score (nSPS) is 21.3. The minimum Gasteiger partial charge on any atom is -0.490 e. The minimum absolute atomic E-state index is 0.0300. The van der Waals surface area contributed by atoms with Gasteiger partial charge in [0.05, 0.1) is 6.61 Å². The Kier molecular flexibility index (Phi) is 6.20. The van der Waals surface area contributed by atoms with E-state index in [0.29, 0.717) is 42.7 Å². The monoisotopic (exact) mass is 505 g/mol. The number of benzene rings is 1. The lowest BCUT2D eigenvalue weighted by atomic mass is 10.0. The summed E-state index contributed by atoms with van der Waals surface area (Å²) in [5, 5.41) is 6.84. The van der Waals surface area contributed by atoms with Gasteiger partial charge in [0.25, 0.3) is 5.91 Å². The maximum Gasteiger partial charge on any atom is 0.451 e. The summed E-state index contributed by atoms with van der Waals surface area (Å²) >= 11 is 1.50. The molecule has 2 aromatic heterocycles. The molecule has 2 aliphatic heterocycles. The van der Waals surface area contributed by atoms with Crippen LogP contribution in [0.1, 0.15) is 33.0 Å². The first-order valence-corrected chi connectivity index (χ1v) is 11.8. The summed E-state index contributed by atoms with van der Waals surface area (Å²) < 4.78 is 50.0. The third kappa shape index (κ3) is 5.29. The first-order chi connectivity index (χ1) is 16.7. The summed E-state index contributed by atoms with van der Waals surface area (Å²) in [6.45, 7) is 3.63. The van der Waals surface area contributed by atoms with E-state index in [2.05, 4.69) is 25.6 Å². The van der Waals surface area contributed by atoms with Crippen molar-refractivity contribution in [2.45, 2.75) is 37.7 Å². The van der Waals surface area contributed by atoms with Gasteiger partial charge in [-0.2, -0.15) is 13.2 Å². The Hall–Kier alpha value is -3.09. The number of carbonyl (C=O) groups excluding carboxylic acids is 1. The van der Waals surface area contributed by atoms with Crippen LogP contribution in [0.3, 0.4) is 0 Å². The van der Waals surface area contributed by atoms with Gasteiger partial charge in [-0.05, 0) is 31.5 Å². The number of nitrogens with zero attached hydrogens (tertiary/aromatic N) is 3. The molecule has 2 unspecified atom stereocenters. The average Bonchev–Trinajstić information content (AvgIpc) is 3.57. The Balaban J connectivity index is 1.32. The molecule has 2 fully saturated rings. The highest BCUT2D eigenvalue weighted by Gasteiger charge is 2.47.